The molecule has 0 atom stereocenters. The Morgan fingerprint density at radius 1 is 1.53 bits per heavy atom. The molecule has 0 spiro atoms. The summed E-state index contributed by atoms with van der Waals surface area (Å²) >= 11 is 1.27. The van der Waals surface area contributed by atoms with Gasteiger partial charge in [-0.2, -0.15) is 0 Å². The minimum Gasteiger partial charge on any atom is -0.210 e. The van der Waals surface area contributed by atoms with Gasteiger partial charge in [0.25, 0.3) is 0 Å². The second-order valence-electron chi connectivity index (χ2n) is 3.07. The average Bonchev–Trinajstić information content (AvgIpc) is 2.60. The lowest BCUT2D eigenvalue weighted by atomic mass is 10.3. The van der Waals surface area contributed by atoms with Crippen molar-refractivity contribution in [1.82, 2.24) is 4.72 Å². The summed E-state index contributed by atoms with van der Waals surface area (Å²) in [6.45, 7) is 2.27. The zero-order valence-electron chi connectivity index (χ0n) is 8.49. The Balaban J connectivity index is 2.57. The summed E-state index contributed by atoms with van der Waals surface area (Å²) in [6, 6.07) is 3.41. The topological polar surface area (TPSA) is 46.2 Å². The van der Waals surface area contributed by atoms with Crippen molar-refractivity contribution in [3.63, 3.8) is 0 Å². The van der Waals surface area contributed by atoms with Gasteiger partial charge in [-0.25, -0.2) is 13.1 Å². The predicted octanol–water partition coefficient (Wildman–Crippen LogP) is 1.75. The summed E-state index contributed by atoms with van der Waals surface area (Å²) in [5.41, 5.74) is 0. The van der Waals surface area contributed by atoms with Gasteiger partial charge >= 0.3 is 0 Å². The summed E-state index contributed by atoms with van der Waals surface area (Å²) in [6.07, 6.45) is 6.32. The molecule has 0 aliphatic rings. The first kappa shape index (κ1) is 12.2. The monoisotopic (exact) mass is 243 g/mol. The van der Waals surface area contributed by atoms with Crippen molar-refractivity contribution >= 4 is 21.4 Å². The molecule has 1 aromatic rings. The van der Waals surface area contributed by atoms with Crippen molar-refractivity contribution in [2.24, 2.45) is 0 Å². The highest BCUT2D eigenvalue weighted by molar-refractivity contribution is 7.91. The third-order valence-electron chi connectivity index (χ3n) is 1.77. The third kappa shape index (κ3) is 3.67. The molecule has 0 fully saturated rings. The first-order valence-corrected chi connectivity index (χ1v) is 6.86. The Hall–Kier alpha value is -0.830. The van der Waals surface area contributed by atoms with Crippen LogP contribution in [0.5, 0.6) is 0 Å². The molecule has 1 rings (SSSR count). The molecular weight excluding hydrogens is 230 g/mol. The van der Waals surface area contributed by atoms with E-state index in [2.05, 4.69) is 10.6 Å². The van der Waals surface area contributed by atoms with Crippen LogP contribution >= 0.6 is 11.3 Å². The van der Waals surface area contributed by atoms with E-state index in [4.69, 9.17) is 6.42 Å². The van der Waals surface area contributed by atoms with Gasteiger partial charge in [0.1, 0.15) is 4.21 Å². The van der Waals surface area contributed by atoms with Crippen molar-refractivity contribution in [1.29, 1.82) is 0 Å². The fraction of sp³-hybridized carbons (Fsp3) is 0.400. The molecule has 0 saturated heterocycles. The second kappa shape index (κ2) is 5.31. The maximum absolute atomic E-state index is 11.7. The Labute approximate surface area is 94.6 Å². The molecular formula is C10H13NO2S2. The molecule has 3 nitrogen and oxygen atoms in total. The number of hydrogen-bond acceptors (Lipinski definition) is 3. The molecule has 0 radical (unpaired) electrons. The first-order valence-electron chi connectivity index (χ1n) is 4.56. The molecule has 1 aromatic heterocycles. The summed E-state index contributed by atoms with van der Waals surface area (Å²) < 4.78 is 26.2. The minimum atomic E-state index is -3.32. The van der Waals surface area contributed by atoms with E-state index in [-0.39, 0.29) is 0 Å². The molecule has 0 aromatic carbocycles. The van der Waals surface area contributed by atoms with E-state index < -0.39 is 10.0 Å². The molecule has 0 bridgehead atoms. The van der Waals surface area contributed by atoms with E-state index in [9.17, 15) is 8.42 Å². The van der Waals surface area contributed by atoms with Crippen molar-refractivity contribution < 1.29 is 8.42 Å². The van der Waals surface area contributed by atoms with Crippen LogP contribution in [-0.4, -0.2) is 15.0 Å². The lowest BCUT2D eigenvalue weighted by Gasteiger charge is -2.02. The molecule has 0 saturated carbocycles. The van der Waals surface area contributed by atoms with Gasteiger partial charge in [-0.15, -0.1) is 23.7 Å². The van der Waals surface area contributed by atoms with Crippen LogP contribution in [0.25, 0.3) is 0 Å². The number of sulfonamides is 1. The second-order valence-corrected chi connectivity index (χ2v) is 6.35. The Bertz CT molecular complexity index is 454. The molecule has 1 heterocycles. The zero-order chi connectivity index (χ0) is 11.3. The van der Waals surface area contributed by atoms with Gasteiger partial charge in [0.2, 0.25) is 10.0 Å². The lowest BCUT2D eigenvalue weighted by molar-refractivity contribution is 0.582. The van der Waals surface area contributed by atoms with E-state index in [0.29, 0.717) is 23.6 Å². The van der Waals surface area contributed by atoms with Crippen LogP contribution in [0, 0.1) is 19.3 Å². The predicted molar refractivity (Wildman–Crippen MR) is 62.3 cm³/mol. The highest BCUT2D eigenvalue weighted by Crippen LogP contribution is 2.20. The van der Waals surface area contributed by atoms with Gasteiger partial charge in [0, 0.05) is 17.8 Å². The molecule has 1 N–H and O–H groups in total. The minimum absolute atomic E-state index is 0.362. The van der Waals surface area contributed by atoms with E-state index in [1.54, 1.807) is 12.1 Å². The SMILES string of the molecule is C#CCCCNS(=O)(=O)c1ccc(C)s1. The Kier molecular flexibility index (Phi) is 4.33. The van der Waals surface area contributed by atoms with E-state index in [1.165, 1.54) is 11.3 Å². The molecule has 82 valence electrons. The van der Waals surface area contributed by atoms with Gasteiger partial charge in [-0.1, -0.05) is 0 Å². The maximum atomic E-state index is 11.7. The van der Waals surface area contributed by atoms with Crippen LogP contribution in [0.2, 0.25) is 0 Å². The van der Waals surface area contributed by atoms with Crippen molar-refractivity contribution in [3.8, 4) is 12.3 Å². The number of rotatable bonds is 5. The number of terminal acetylenes is 1. The number of unbranched alkanes of at least 4 members (excludes halogenated alkanes) is 1. The fourth-order valence-electron chi connectivity index (χ4n) is 1.02. The van der Waals surface area contributed by atoms with Gasteiger partial charge in [-0.05, 0) is 25.5 Å². The molecule has 15 heavy (non-hydrogen) atoms. The van der Waals surface area contributed by atoms with Gasteiger partial charge in [-0.3, -0.25) is 0 Å². The van der Waals surface area contributed by atoms with Crippen LogP contribution in [0.3, 0.4) is 0 Å². The van der Waals surface area contributed by atoms with Crippen LogP contribution in [0.15, 0.2) is 16.3 Å². The van der Waals surface area contributed by atoms with E-state index in [1.807, 2.05) is 6.92 Å². The molecule has 0 unspecified atom stereocenters. The average molecular weight is 243 g/mol. The molecule has 0 aliphatic heterocycles. The standard InChI is InChI=1S/C10H13NO2S2/c1-3-4-5-8-11-15(12,13)10-7-6-9(2)14-10/h1,6-7,11H,4-5,8H2,2H3. The van der Waals surface area contributed by atoms with Gasteiger partial charge in [0.05, 0.1) is 0 Å². The Morgan fingerprint density at radius 3 is 2.80 bits per heavy atom. The Morgan fingerprint density at radius 2 is 2.27 bits per heavy atom. The highest BCUT2D eigenvalue weighted by Gasteiger charge is 2.14. The van der Waals surface area contributed by atoms with Crippen molar-refractivity contribution in [3.05, 3.63) is 17.0 Å². The van der Waals surface area contributed by atoms with Crippen LogP contribution < -0.4 is 4.72 Å². The van der Waals surface area contributed by atoms with Crippen LogP contribution in [0.1, 0.15) is 17.7 Å². The van der Waals surface area contributed by atoms with E-state index >= 15 is 0 Å². The smallest absolute Gasteiger partial charge is 0.210 e. The zero-order valence-corrected chi connectivity index (χ0v) is 10.1. The summed E-state index contributed by atoms with van der Waals surface area (Å²) in [5.74, 6) is 2.47. The summed E-state index contributed by atoms with van der Waals surface area (Å²) in [7, 11) is -3.32. The number of thiophene rings is 1. The van der Waals surface area contributed by atoms with Gasteiger partial charge in [0.15, 0.2) is 0 Å². The molecule has 0 aliphatic carbocycles. The quantitative estimate of drug-likeness (QED) is 0.632. The molecule has 5 heteroatoms. The number of nitrogens with one attached hydrogen (secondary N) is 1. The number of aryl methyl sites for hydroxylation is 1. The van der Waals surface area contributed by atoms with Crippen LogP contribution in [0.4, 0.5) is 0 Å². The van der Waals surface area contributed by atoms with Crippen molar-refractivity contribution in [2.45, 2.75) is 24.0 Å². The largest absolute Gasteiger partial charge is 0.250 e. The first-order chi connectivity index (χ1) is 7.06. The summed E-state index contributed by atoms with van der Waals surface area (Å²) in [5, 5.41) is 0. The number of hydrogen-bond donors (Lipinski definition) is 1. The van der Waals surface area contributed by atoms with Gasteiger partial charge < -0.3 is 0 Å². The normalized spacial score (nSPS) is 11.2. The molecule has 0 amide bonds. The third-order valence-corrected chi connectivity index (χ3v) is 4.72. The van der Waals surface area contributed by atoms with E-state index in [0.717, 1.165) is 4.88 Å². The highest BCUT2D eigenvalue weighted by atomic mass is 32.2. The maximum Gasteiger partial charge on any atom is 0.250 e. The summed E-state index contributed by atoms with van der Waals surface area (Å²) in [4.78, 5) is 0.985. The lowest BCUT2D eigenvalue weighted by Crippen LogP contribution is -2.23. The van der Waals surface area contributed by atoms with Crippen LogP contribution in [-0.2, 0) is 10.0 Å². The van der Waals surface area contributed by atoms with Crippen molar-refractivity contribution in [2.75, 3.05) is 6.54 Å². The fourth-order valence-corrected chi connectivity index (χ4v) is 3.43.